The molecule has 3 aromatic rings. The number of halogens is 1. The van der Waals surface area contributed by atoms with Gasteiger partial charge in [0.2, 0.25) is 0 Å². The van der Waals surface area contributed by atoms with Gasteiger partial charge in [0.15, 0.2) is 0 Å². The van der Waals surface area contributed by atoms with Gasteiger partial charge in [0.1, 0.15) is 17.5 Å². The van der Waals surface area contributed by atoms with Gasteiger partial charge in [-0.2, -0.15) is 5.10 Å². The fourth-order valence-electron chi connectivity index (χ4n) is 3.36. The zero-order valence-corrected chi connectivity index (χ0v) is 14.0. The van der Waals surface area contributed by atoms with E-state index in [1.54, 1.807) is 0 Å². The van der Waals surface area contributed by atoms with Crippen LogP contribution in [0.1, 0.15) is 36.4 Å². The highest BCUT2D eigenvalue weighted by atomic mass is 35.5. The van der Waals surface area contributed by atoms with Gasteiger partial charge in [-0.15, -0.1) is 0 Å². The highest BCUT2D eigenvalue weighted by molar-refractivity contribution is 6.31. The first-order chi connectivity index (χ1) is 11.1. The molecule has 4 rings (SSSR count). The zero-order valence-electron chi connectivity index (χ0n) is 13.3. The molecule has 0 bridgehead atoms. The SMILES string of the molecule is Cc1nc(CN2CCC[C@H]2c2nc3ccc(Cl)cc3[nH]2)n(C)n1. The number of imidazole rings is 1. The van der Waals surface area contributed by atoms with Crippen molar-refractivity contribution in [2.75, 3.05) is 6.54 Å². The van der Waals surface area contributed by atoms with Crippen LogP contribution in [-0.4, -0.2) is 36.2 Å². The molecule has 3 heterocycles. The van der Waals surface area contributed by atoms with Crippen LogP contribution < -0.4 is 0 Å². The van der Waals surface area contributed by atoms with Crippen LogP contribution in [0.15, 0.2) is 18.2 Å². The van der Waals surface area contributed by atoms with Gasteiger partial charge < -0.3 is 4.98 Å². The molecule has 23 heavy (non-hydrogen) atoms. The van der Waals surface area contributed by atoms with E-state index >= 15 is 0 Å². The molecule has 7 heteroatoms. The van der Waals surface area contributed by atoms with E-state index < -0.39 is 0 Å². The Morgan fingerprint density at radius 3 is 3.00 bits per heavy atom. The predicted molar refractivity (Wildman–Crippen MR) is 89.2 cm³/mol. The van der Waals surface area contributed by atoms with Gasteiger partial charge in [0.05, 0.1) is 23.6 Å². The molecule has 120 valence electrons. The van der Waals surface area contributed by atoms with Gasteiger partial charge in [0.25, 0.3) is 0 Å². The van der Waals surface area contributed by atoms with E-state index in [1.807, 2.05) is 36.9 Å². The van der Waals surface area contributed by atoms with Gasteiger partial charge in [-0.25, -0.2) is 9.97 Å². The smallest absolute Gasteiger partial charge is 0.147 e. The number of fused-ring (bicyclic) bond motifs is 1. The Hall–Kier alpha value is -1.92. The van der Waals surface area contributed by atoms with Crippen molar-refractivity contribution < 1.29 is 0 Å². The number of aryl methyl sites for hydroxylation is 2. The summed E-state index contributed by atoms with van der Waals surface area (Å²) in [4.78, 5) is 15.1. The number of H-pyrrole nitrogens is 1. The third-order valence-electron chi connectivity index (χ3n) is 4.45. The Morgan fingerprint density at radius 1 is 1.35 bits per heavy atom. The summed E-state index contributed by atoms with van der Waals surface area (Å²) in [5.41, 5.74) is 1.96. The quantitative estimate of drug-likeness (QED) is 0.802. The number of hydrogen-bond acceptors (Lipinski definition) is 4. The zero-order chi connectivity index (χ0) is 16.0. The van der Waals surface area contributed by atoms with Crippen molar-refractivity contribution in [3.05, 3.63) is 40.7 Å². The molecule has 1 fully saturated rings. The Morgan fingerprint density at radius 2 is 2.22 bits per heavy atom. The number of aromatic amines is 1. The topological polar surface area (TPSA) is 62.6 Å². The molecule has 0 aliphatic carbocycles. The maximum Gasteiger partial charge on any atom is 0.147 e. The Balaban J connectivity index is 1.62. The highest BCUT2D eigenvalue weighted by Crippen LogP contribution is 2.32. The van der Waals surface area contributed by atoms with Crippen LogP contribution in [0.2, 0.25) is 5.02 Å². The minimum Gasteiger partial charge on any atom is -0.341 e. The number of rotatable bonds is 3. The summed E-state index contributed by atoms with van der Waals surface area (Å²) in [7, 11) is 1.95. The molecular formula is C16H19ClN6. The second-order valence-electron chi connectivity index (χ2n) is 6.11. The van der Waals surface area contributed by atoms with Crippen molar-refractivity contribution >= 4 is 22.6 Å². The number of benzene rings is 1. The van der Waals surface area contributed by atoms with Gasteiger partial charge in [-0.1, -0.05) is 11.6 Å². The largest absolute Gasteiger partial charge is 0.341 e. The van der Waals surface area contributed by atoms with Crippen LogP contribution in [0, 0.1) is 6.92 Å². The Bertz CT molecular complexity index is 851. The molecular weight excluding hydrogens is 312 g/mol. The molecule has 1 saturated heterocycles. The van der Waals surface area contributed by atoms with E-state index in [4.69, 9.17) is 16.6 Å². The molecule has 1 aliphatic rings. The van der Waals surface area contributed by atoms with Gasteiger partial charge >= 0.3 is 0 Å². The van der Waals surface area contributed by atoms with Crippen molar-refractivity contribution in [1.82, 2.24) is 29.6 Å². The van der Waals surface area contributed by atoms with Gasteiger partial charge in [0, 0.05) is 12.1 Å². The number of nitrogens with zero attached hydrogens (tertiary/aromatic N) is 5. The number of likely N-dealkylation sites (tertiary alicyclic amines) is 1. The fraction of sp³-hybridized carbons (Fsp3) is 0.438. The van der Waals surface area contributed by atoms with E-state index in [0.29, 0.717) is 0 Å². The first kappa shape index (κ1) is 14.7. The van der Waals surface area contributed by atoms with Crippen LogP contribution >= 0.6 is 11.6 Å². The van der Waals surface area contributed by atoms with Crippen LogP contribution in [0.4, 0.5) is 0 Å². The number of hydrogen-bond donors (Lipinski definition) is 1. The summed E-state index contributed by atoms with van der Waals surface area (Å²) >= 11 is 6.07. The first-order valence-corrected chi connectivity index (χ1v) is 8.23. The second kappa shape index (κ2) is 5.62. The highest BCUT2D eigenvalue weighted by Gasteiger charge is 2.29. The van der Waals surface area contributed by atoms with Crippen LogP contribution in [0.5, 0.6) is 0 Å². The lowest BCUT2D eigenvalue weighted by molar-refractivity contribution is 0.232. The molecule has 0 spiro atoms. The summed E-state index contributed by atoms with van der Waals surface area (Å²) in [6.45, 7) is 3.77. The number of nitrogens with one attached hydrogen (secondary N) is 1. The van der Waals surface area contributed by atoms with E-state index in [2.05, 4.69) is 20.0 Å². The third-order valence-corrected chi connectivity index (χ3v) is 4.68. The fourth-order valence-corrected chi connectivity index (χ4v) is 3.53. The average molecular weight is 331 g/mol. The van der Waals surface area contributed by atoms with Crippen molar-refractivity contribution in [1.29, 1.82) is 0 Å². The van der Waals surface area contributed by atoms with Crippen LogP contribution in [-0.2, 0) is 13.6 Å². The lowest BCUT2D eigenvalue weighted by atomic mass is 10.2. The molecule has 2 aromatic heterocycles. The summed E-state index contributed by atoms with van der Waals surface area (Å²) in [6, 6.07) is 6.06. The van der Waals surface area contributed by atoms with Crippen molar-refractivity contribution in [3.63, 3.8) is 0 Å². The normalized spacial score (nSPS) is 19.0. The summed E-state index contributed by atoms with van der Waals surface area (Å²) in [6.07, 6.45) is 2.27. The average Bonchev–Trinajstić information content (AvgIpc) is 3.18. The summed E-state index contributed by atoms with van der Waals surface area (Å²) < 4.78 is 1.86. The van der Waals surface area contributed by atoms with E-state index in [9.17, 15) is 0 Å². The Kier molecular flexibility index (Phi) is 3.58. The molecule has 1 N–H and O–H groups in total. The summed E-state index contributed by atoms with van der Waals surface area (Å²) in [5, 5.41) is 5.06. The standard InChI is InChI=1S/C16H19ClN6/c1-10-18-15(22(2)21-10)9-23-7-3-4-14(23)16-19-12-6-5-11(17)8-13(12)20-16/h5-6,8,14H,3-4,7,9H2,1-2H3,(H,19,20)/t14-/m0/s1. The maximum atomic E-state index is 6.07. The lowest BCUT2D eigenvalue weighted by Gasteiger charge is -2.22. The second-order valence-corrected chi connectivity index (χ2v) is 6.55. The van der Waals surface area contributed by atoms with E-state index in [1.165, 1.54) is 6.42 Å². The predicted octanol–water partition coefficient (Wildman–Crippen LogP) is 2.99. The third kappa shape index (κ3) is 2.72. The molecule has 0 radical (unpaired) electrons. The Labute approximate surface area is 139 Å². The van der Waals surface area contributed by atoms with E-state index in [0.717, 1.165) is 53.0 Å². The van der Waals surface area contributed by atoms with Crippen molar-refractivity contribution in [3.8, 4) is 0 Å². The van der Waals surface area contributed by atoms with Gasteiger partial charge in [-0.05, 0) is 44.5 Å². The monoisotopic (exact) mass is 330 g/mol. The molecule has 1 aliphatic heterocycles. The summed E-state index contributed by atoms with van der Waals surface area (Å²) in [5.74, 6) is 2.82. The van der Waals surface area contributed by atoms with Crippen LogP contribution in [0.25, 0.3) is 11.0 Å². The minimum atomic E-state index is 0.290. The maximum absolute atomic E-state index is 6.07. The van der Waals surface area contributed by atoms with Crippen molar-refractivity contribution in [2.45, 2.75) is 32.4 Å². The molecule has 0 unspecified atom stereocenters. The molecule has 1 atom stereocenters. The van der Waals surface area contributed by atoms with Crippen molar-refractivity contribution in [2.24, 2.45) is 7.05 Å². The number of aromatic nitrogens is 5. The van der Waals surface area contributed by atoms with Gasteiger partial charge in [-0.3, -0.25) is 9.58 Å². The molecule has 1 aromatic carbocycles. The first-order valence-electron chi connectivity index (χ1n) is 7.86. The lowest BCUT2D eigenvalue weighted by Crippen LogP contribution is -2.25. The molecule has 0 saturated carbocycles. The minimum absolute atomic E-state index is 0.290. The van der Waals surface area contributed by atoms with E-state index in [-0.39, 0.29) is 6.04 Å². The molecule has 6 nitrogen and oxygen atoms in total. The molecule has 0 amide bonds. The van der Waals surface area contributed by atoms with Crippen LogP contribution in [0.3, 0.4) is 0 Å².